The summed E-state index contributed by atoms with van der Waals surface area (Å²) in [5.74, 6) is 0.155. The van der Waals surface area contributed by atoms with Gasteiger partial charge in [-0.2, -0.15) is 0 Å². The van der Waals surface area contributed by atoms with Gasteiger partial charge in [-0.15, -0.1) is 0 Å². The Labute approximate surface area is 157 Å². The molecule has 0 aliphatic rings. The van der Waals surface area contributed by atoms with E-state index in [-0.39, 0.29) is 17.7 Å². The average Bonchev–Trinajstić information content (AvgIpc) is 3.14. The van der Waals surface area contributed by atoms with Gasteiger partial charge in [-0.3, -0.25) is 10.3 Å². The Morgan fingerprint density at radius 1 is 1.22 bits per heavy atom. The van der Waals surface area contributed by atoms with Gasteiger partial charge in [-0.1, -0.05) is 54.5 Å². The monoisotopic (exact) mass is 367 g/mol. The van der Waals surface area contributed by atoms with Gasteiger partial charge in [-0.05, 0) is 17.2 Å². The number of hydrogen-bond donors (Lipinski definition) is 3. The first-order valence-electron chi connectivity index (χ1n) is 8.67. The molecule has 140 valence electrons. The number of aliphatic imine (C=N–C) groups is 1. The van der Waals surface area contributed by atoms with Crippen LogP contribution < -0.4 is 16.8 Å². The predicted octanol–water partition coefficient (Wildman–Crippen LogP) is 3.32. The Morgan fingerprint density at radius 3 is 2.70 bits per heavy atom. The average molecular weight is 367 g/mol. The Hall–Kier alpha value is -3.19. The summed E-state index contributed by atoms with van der Waals surface area (Å²) in [6.45, 7) is 2.76. The number of aromatic nitrogens is 1. The number of hydrogen-bond acceptors (Lipinski definition) is 4. The highest BCUT2D eigenvalue weighted by atomic mass is 19.1. The third-order valence-electron chi connectivity index (χ3n) is 4.21. The normalized spacial score (nSPS) is 12.8. The lowest BCUT2D eigenvalue weighted by Crippen LogP contribution is -2.23. The molecule has 0 aliphatic carbocycles. The van der Waals surface area contributed by atoms with E-state index in [0.29, 0.717) is 30.2 Å². The molecule has 3 rings (SSSR count). The van der Waals surface area contributed by atoms with E-state index in [0.717, 1.165) is 11.1 Å². The number of nitrogens with one attached hydrogen (secondary N) is 1. The molecule has 0 fully saturated rings. The van der Waals surface area contributed by atoms with Crippen LogP contribution >= 0.6 is 0 Å². The SMILES string of the molecule is CC(c1ccc(-c2ccccc2)c(F)c1)c1cc(NC(N)=NCCN)on1. The maximum Gasteiger partial charge on any atom is 0.231 e. The van der Waals surface area contributed by atoms with Crippen LogP contribution in [0.25, 0.3) is 11.1 Å². The zero-order valence-corrected chi connectivity index (χ0v) is 15.0. The van der Waals surface area contributed by atoms with Crippen molar-refractivity contribution in [1.29, 1.82) is 0 Å². The van der Waals surface area contributed by atoms with Crippen molar-refractivity contribution in [3.63, 3.8) is 0 Å². The van der Waals surface area contributed by atoms with Crippen LogP contribution in [0, 0.1) is 5.82 Å². The minimum absolute atomic E-state index is 0.147. The van der Waals surface area contributed by atoms with Gasteiger partial charge < -0.3 is 16.0 Å². The van der Waals surface area contributed by atoms with Crippen molar-refractivity contribution in [1.82, 2.24) is 5.16 Å². The molecule has 5 N–H and O–H groups in total. The molecule has 6 nitrogen and oxygen atoms in total. The second-order valence-electron chi connectivity index (χ2n) is 6.12. The molecule has 2 aromatic carbocycles. The minimum Gasteiger partial charge on any atom is -0.370 e. The maximum atomic E-state index is 14.6. The molecular weight excluding hydrogens is 345 g/mol. The highest BCUT2D eigenvalue weighted by Gasteiger charge is 2.16. The number of benzene rings is 2. The zero-order chi connectivity index (χ0) is 19.2. The van der Waals surface area contributed by atoms with E-state index in [1.165, 1.54) is 6.07 Å². The molecule has 1 unspecified atom stereocenters. The van der Waals surface area contributed by atoms with Crippen LogP contribution in [-0.4, -0.2) is 24.2 Å². The highest BCUT2D eigenvalue weighted by Crippen LogP contribution is 2.29. The minimum atomic E-state index is -0.273. The fourth-order valence-corrected chi connectivity index (χ4v) is 2.73. The topological polar surface area (TPSA) is 102 Å². The van der Waals surface area contributed by atoms with Crippen LogP contribution in [0.1, 0.15) is 24.1 Å². The molecular formula is C20H22FN5O. The van der Waals surface area contributed by atoms with E-state index in [4.69, 9.17) is 16.0 Å². The molecule has 7 heteroatoms. The molecule has 1 heterocycles. The number of guanidine groups is 1. The summed E-state index contributed by atoms with van der Waals surface area (Å²) in [5, 5.41) is 6.86. The largest absolute Gasteiger partial charge is 0.370 e. The standard InChI is InChI=1S/C20H22FN5O/c1-13(18-12-19(27-26-18)25-20(23)24-10-9-22)15-7-8-16(17(21)11-15)14-5-3-2-4-6-14/h2-8,11-13H,9-10,22H2,1H3,(H3,23,24,25). The van der Waals surface area contributed by atoms with E-state index in [1.807, 2.05) is 43.3 Å². The second kappa shape index (κ2) is 8.46. The van der Waals surface area contributed by atoms with Crippen LogP contribution in [0.5, 0.6) is 0 Å². The summed E-state index contributed by atoms with van der Waals surface area (Å²) in [4.78, 5) is 4.02. The lowest BCUT2D eigenvalue weighted by Gasteiger charge is -2.11. The Morgan fingerprint density at radius 2 is 2.00 bits per heavy atom. The summed E-state index contributed by atoms with van der Waals surface area (Å²) in [6, 6.07) is 16.4. The van der Waals surface area contributed by atoms with Crippen LogP contribution in [0.3, 0.4) is 0 Å². The molecule has 27 heavy (non-hydrogen) atoms. The predicted molar refractivity (Wildman–Crippen MR) is 105 cm³/mol. The third kappa shape index (κ3) is 4.51. The van der Waals surface area contributed by atoms with Gasteiger partial charge in [0.1, 0.15) is 5.82 Å². The van der Waals surface area contributed by atoms with Crippen molar-refractivity contribution in [2.45, 2.75) is 12.8 Å². The van der Waals surface area contributed by atoms with E-state index in [9.17, 15) is 4.39 Å². The second-order valence-corrected chi connectivity index (χ2v) is 6.12. The quantitative estimate of drug-likeness (QED) is 0.458. The van der Waals surface area contributed by atoms with E-state index in [1.54, 1.807) is 12.1 Å². The summed E-state index contributed by atoms with van der Waals surface area (Å²) in [6.07, 6.45) is 0. The smallest absolute Gasteiger partial charge is 0.231 e. The molecule has 0 bridgehead atoms. The zero-order valence-electron chi connectivity index (χ0n) is 15.0. The van der Waals surface area contributed by atoms with Gasteiger partial charge in [0, 0.05) is 24.1 Å². The molecule has 0 aliphatic heterocycles. The van der Waals surface area contributed by atoms with Crippen LogP contribution in [0.4, 0.5) is 10.3 Å². The number of halogens is 1. The number of anilines is 1. The summed E-state index contributed by atoms with van der Waals surface area (Å²) < 4.78 is 19.8. The summed E-state index contributed by atoms with van der Waals surface area (Å²) in [5.41, 5.74) is 14.0. The molecule has 0 saturated carbocycles. The van der Waals surface area contributed by atoms with Gasteiger partial charge in [0.25, 0.3) is 0 Å². The van der Waals surface area contributed by atoms with E-state index >= 15 is 0 Å². The van der Waals surface area contributed by atoms with Crippen LogP contribution in [-0.2, 0) is 0 Å². The Bertz CT molecular complexity index is 923. The number of rotatable bonds is 6. The lowest BCUT2D eigenvalue weighted by molar-refractivity contribution is 0.424. The van der Waals surface area contributed by atoms with E-state index < -0.39 is 0 Å². The van der Waals surface area contributed by atoms with Gasteiger partial charge in [0.05, 0.1) is 12.2 Å². The van der Waals surface area contributed by atoms with E-state index in [2.05, 4.69) is 15.5 Å². The molecule has 3 aromatic rings. The van der Waals surface area contributed by atoms with Gasteiger partial charge in [0.2, 0.25) is 5.88 Å². The summed E-state index contributed by atoms with van der Waals surface area (Å²) in [7, 11) is 0. The van der Waals surface area contributed by atoms with Crippen molar-refractivity contribution in [2.75, 3.05) is 18.4 Å². The molecule has 1 aromatic heterocycles. The lowest BCUT2D eigenvalue weighted by atomic mass is 9.95. The first-order valence-corrected chi connectivity index (χ1v) is 8.67. The Kier molecular flexibility index (Phi) is 5.83. The number of nitrogens with zero attached hydrogens (tertiary/aromatic N) is 2. The first-order chi connectivity index (χ1) is 13.1. The van der Waals surface area contributed by atoms with Crippen LogP contribution in [0.2, 0.25) is 0 Å². The maximum absolute atomic E-state index is 14.6. The van der Waals surface area contributed by atoms with Gasteiger partial charge in [-0.25, -0.2) is 4.39 Å². The number of nitrogens with two attached hydrogens (primary N) is 2. The fourth-order valence-electron chi connectivity index (χ4n) is 2.73. The van der Waals surface area contributed by atoms with Crippen molar-refractivity contribution in [3.05, 3.63) is 71.7 Å². The molecule has 0 radical (unpaired) electrons. The summed E-state index contributed by atoms with van der Waals surface area (Å²) >= 11 is 0. The molecule has 1 atom stereocenters. The van der Waals surface area contributed by atoms with Gasteiger partial charge >= 0.3 is 0 Å². The highest BCUT2D eigenvalue weighted by molar-refractivity contribution is 5.90. The van der Waals surface area contributed by atoms with Crippen molar-refractivity contribution >= 4 is 11.8 Å². The van der Waals surface area contributed by atoms with Gasteiger partial charge in [0.15, 0.2) is 5.96 Å². The van der Waals surface area contributed by atoms with Crippen molar-refractivity contribution in [2.24, 2.45) is 16.5 Å². The molecule has 0 spiro atoms. The van der Waals surface area contributed by atoms with Crippen molar-refractivity contribution < 1.29 is 8.91 Å². The van der Waals surface area contributed by atoms with Crippen molar-refractivity contribution in [3.8, 4) is 11.1 Å². The fraction of sp³-hybridized carbons (Fsp3) is 0.200. The molecule has 0 saturated heterocycles. The molecule has 0 amide bonds. The Balaban J connectivity index is 1.76. The van der Waals surface area contributed by atoms with Crippen LogP contribution in [0.15, 0.2) is 64.1 Å². The first kappa shape index (κ1) is 18.6. The third-order valence-corrected chi connectivity index (χ3v) is 4.21.